The third kappa shape index (κ3) is 3.90. The SMILES string of the molecule is COC(=O)C1CCN(Cc2cc(C)c(C3CB(C#N)C3)cc2C)CC1. The fourth-order valence-electron chi connectivity index (χ4n) is 4.22. The second-order valence-corrected chi connectivity index (χ2v) is 7.70. The van der Waals surface area contributed by atoms with Crippen molar-refractivity contribution in [2.45, 2.75) is 51.8 Å². The van der Waals surface area contributed by atoms with Crippen molar-refractivity contribution < 1.29 is 9.53 Å². The number of methoxy groups -OCH3 is 1. The molecule has 0 aliphatic carbocycles. The van der Waals surface area contributed by atoms with Crippen molar-refractivity contribution in [3.63, 3.8) is 0 Å². The quantitative estimate of drug-likeness (QED) is 0.624. The molecule has 0 amide bonds. The van der Waals surface area contributed by atoms with Gasteiger partial charge in [0, 0.05) is 12.5 Å². The molecule has 4 nitrogen and oxygen atoms in total. The standard InChI is InChI=1S/C20H27BN2O2/c1-14-9-19(18-10-21(11-18)13-22)15(2)8-17(14)12-23-6-4-16(5-7-23)20(24)25-3/h8-9,16,18H,4-7,10-12H2,1-3H3. The van der Waals surface area contributed by atoms with Crippen LogP contribution < -0.4 is 0 Å². The molecule has 2 aliphatic heterocycles. The van der Waals surface area contributed by atoms with Crippen LogP contribution in [0.2, 0.25) is 12.6 Å². The Hall–Kier alpha value is -1.80. The van der Waals surface area contributed by atoms with Crippen LogP contribution in [0, 0.1) is 31.0 Å². The van der Waals surface area contributed by atoms with Gasteiger partial charge in [0.2, 0.25) is 0 Å². The highest BCUT2D eigenvalue weighted by molar-refractivity contribution is 6.70. The number of aryl methyl sites for hydroxylation is 2. The summed E-state index contributed by atoms with van der Waals surface area (Å²) in [7, 11) is 1.48. The zero-order valence-electron chi connectivity index (χ0n) is 15.5. The van der Waals surface area contributed by atoms with Gasteiger partial charge in [-0.3, -0.25) is 9.69 Å². The summed E-state index contributed by atoms with van der Waals surface area (Å²) in [6.45, 7) is 7.49. The summed E-state index contributed by atoms with van der Waals surface area (Å²) in [6.07, 6.45) is 3.80. The van der Waals surface area contributed by atoms with E-state index in [9.17, 15) is 4.79 Å². The lowest BCUT2D eigenvalue weighted by Crippen LogP contribution is -2.36. The summed E-state index contributed by atoms with van der Waals surface area (Å²) in [5.41, 5.74) is 5.51. The lowest BCUT2D eigenvalue weighted by molar-refractivity contribution is -0.147. The highest BCUT2D eigenvalue weighted by atomic mass is 16.5. The molecule has 0 saturated carbocycles. The number of carbonyl (C=O) groups excluding carboxylic acids is 1. The Bertz CT molecular complexity index is 684. The smallest absolute Gasteiger partial charge is 0.308 e. The number of benzene rings is 1. The largest absolute Gasteiger partial charge is 0.469 e. The Kier molecular flexibility index (Phi) is 5.49. The minimum Gasteiger partial charge on any atom is -0.469 e. The lowest BCUT2D eigenvalue weighted by Gasteiger charge is -2.32. The maximum absolute atomic E-state index is 11.6. The Morgan fingerprint density at radius 1 is 1.28 bits per heavy atom. The van der Waals surface area contributed by atoms with Crippen LogP contribution in [-0.4, -0.2) is 37.8 Å². The van der Waals surface area contributed by atoms with Crippen molar-refractivity contribution in [1.82, 2.24) is 4.90 Å². The Morgan fingerprint density at radius 2 is 1.96 bits per heavy atom. The van der Waals surface area contributed by atoms with Crippen molar-refractivity contribution in [2.24, 2.45) is 5.92 Å². The average molecular weight is 338 g/mol. The van der Waals surface area contributed by atoms with E-state index in [0.717, 1.165) is 45.1 Å². The van der Waals surface area contributed by atoms with E-state index in [-0.39, 0.29) is 18.6 Å². The number of hydrogen-bond donors (Lipinski definition) is 0. The zero-order valence-corrected chi connectivity index (χ0v) is 15.5. The van der Waals surface area contributed by atoms with Crippen molar-refractivity contribution in [2.75, 3.05) is 20.2 Å². The number of carbonyl (C=O) groups is 1. The second-order valence-electron chi connectivity index (χ2n) is 7.70. The molecular formula is C20H27BN2O2. The van der Waals surface area contributed by atoms with Crippen LogP contribution in [-0.2, 0) is 16.1 Å². The van der Waals surface area contributed by atoms with Crippen LogP contribution >= 0.6 is 0 Å². The number of nitrogens with zero attached hydrogens (tertiary/aromatic N) is 2. The van der Waals surface area contributed by atoms with E-state index >= 15 is 0 Å². The Morgan fingerprint density at radius 3 is 2.56 bits per heavy atom. The molecule has 2 aliphatic rings. The van der Waals surface area contributed by atoms with Gasteiger partial charge in [-0.05, 0) is 68.0 Å². The van der Waals surface area contributed by atoms with Crippen LogP contribution in [0.3, 0.4) is 0 Å². The predicted molar refractivity (Wildman–Crippen MR) is 99.7 cm³/mol. The molecule has 1 aromatic carbocycles. The summed E-state index contributed by atoms with van der Waals surface area (Å²) >= 11 is 0. The molecule has 0 spiro atoms. The van der Waals surface area contributed by atoms with Crippen molar-refractivity contribution in [3.8, 4) is 5.97 Å². The fraction of sp³-hybridized carbons (Fsp3) is 0.600. The average Bonchev–Trinajstić information content (AvgIpc) is 2.58. The van der Waals surface area contributed by atoms with Crippen LogP contribution in [0.15, 0.2) is 12.1 Å². The van der Waals surface area contributed by atoms with Gasteiger partial charge in [-0.1, -0.05) is 24.8 Å². The summed E-state index contributed by atoms with van der Waals surface area (Å²) < 4.78 is 4.87. The first kappa shape index (κ1) is 18.0. The van der Waals surface area contributed by atoms with Gasteiger partial charge in [0.1, 0.15) is 0 Å². The molecule has 2 saturated heterocycles. The van der Waals surface area contributed by atoms with Gasteiger partial charge in [-0.2, -0.15) is 0 Å². The molecule has 0 aromatic heterocycles. The van der Waals surface area contributed by atoms with Gasteiger partial charge >= 0.3 is 5.97 Å². The molecule has 132 valence electrons. The molecule has 3 rings (SSSR count). The predicted octanol–water partition coefficient (Wildman–Crippen LogP) is 3.34. The third-order valence-electron chi connectivity index (χ3n) is 6.00. The molecule has 0 N–H and O–H groups in total. The normalized spacial score (nSPS) is 19.4. The molecule has 0 radical (unpaired) electrons. The number of ether oxygens (including phenoxy) is 1. The topological polar surface area (TPSA) is 53.3 Å². The van der Waals surface area contributed by atoms with E-state index in [1.54, 1.807) is 0 Å². The van der Waals surface area contributed by atoms with E-state index < -0.39 is 0 Å². The lowest BCUT2D eigenvalue weighted by atomic mass is 9.32. The van der Waals surface area contributed by atoms with Crippen molar-refractivity contribution >= 4 is 12.7 Å². The molecule has 1 aromatic rings. The molecule has 25 heavy (non-hydrogen) atoms. The molecular weight excluding hydrogens is 311 g/mol. The molecule has 0 unspecified atom stereocenters. The third-order valence-corrected chi connectivity index (χ3v) is 6.00. The van der Waals surface area contributed by atoms with Gasteiger partial charge in [0.25, 0.3) is 6.71 Å². The summed E-state index contributed by atoms with van der Waals surface area (Å²) in [5.74, 6) is 2.94. The molecule has 0 bridgehead atoms. The van der Waals surface area contributed by atoms with E-state index in [0.29, 0.717) is 5.92 Å². The van der Waals surface area contributed by atoms with Gasteiger partial charge in [0.15, 0.2) is 0 Å². The highest BCUT2D eigenvalue weighted by Crippen LogP contribution is 2.40. The first-order valence-electron chi connectivity index (χ1n) is 9.31. The van der Waals surface area contributed by atoms with E-state index in [1.165, 1.54) is 29.4 Å². The first-order chi connectivity index (χ1) is 12.0. The van der Waals surface area contributed by atoms with Crippen LogP contribution in [0.25, 0.3) is 0 Å². The number of nitriles is 1. The van der Waals surface area contributed by atoms with Gasteiger partial charge in [-0.15, -0.1) is 0 Å². The van der Waals surface area contributed by atoms with Gasteiger partial charge in [-0.25, -0.2) is 5.26 Å². The summed E-state index contributed by atoms with van der Waals surface area (Å²) in [6, 6.07) is 4.67. The van der Waals surface area contributed by atoms with Crippen molar-refractivity contribution in [3.05, 3.63) is 34.4 Å². The zero-order chi connectivity index (χ0) is 18.0. The maximum Gasteiger partial charge on any atom is 0.308 e. The van der Waals surface area contributed by atoms with E-state index in [4.69, 9.17) is 10.00 Å². The number of likely N-dealkylation sites (tertiary alicyclic amines) is 1. The monoisotopic (exact) mass is 338 g/mol. The first-order valence-corrected chi connectivity index (χ1v) is 9.31. The fourth-order valence-corrected chi connectivity index (χ4v) is 4.22. The second kappa shape index (κ2) is 7.62. The minimum atomic E-state index is -0.0628. The maximum atomic E-state index is 11.6. The van der Waals surface area contributed by atoms with Crippen molar-refractivity contribution in [1.29, 1.82) is 5.26 Å². The highest BCUT2D eigenvalue weighted by Gasteiger charge is 2.35. The summed E-state index contributed by atoms with van der Waals surface area (Å²) in [4.78, 5) is 14.1. The summed E-state index contributed by atoms with van der Waals surface area (Å²) in [5, 5.41) is 8.99. The minimum absolute atomic E-state index is 0.0628. The van der Waals surface area contributed by atoms with Gasteiger partial charge in [0.05, 0.1) is 13.0 Å². The van der Waals surface area contributed by atoms with E-state index in [2.05, 4.69) is 36.8 Å². The van der Waals surface area contributed by atoms with E-state index in [1.807, 2.05) is 0 Å². The molecule has 2 fully saturated rings. The molecule has 2 heterocycles. The number of esters is 1. The number of piperidine rings is 1. The van der Waals surface area contributed by atoms with Crippen LogP contribution in [0.5, 0.6) is 0 Å². The van der Waals surface area contributed by atoms with Gasteiger partial charge < -0.3 is 4.74 Å². The number of rotatable bonds is 4. The molecule has 0 atom stereocenters. The Labute approximate surface area is 151 Å². The van der Waals surface area contributed by atoms with Crippen LogP contribution in [0.1, 0.15) is 41.0 Å². The van der Waals surface area contributed by atoms with Crippen LogP contribution in [0.4, 0.5) is 0 Å². The molecule has 5 heteroatoms. The number of hydrogen-bond acceptors (Lipinski definition) is 4. The Balaban J connectivity index is 1.61.